The molecule has 1 N–H and O–H groups in total. The molecule has 0 unspecified atom stereocenters. The summed E-state index contributed by atoms with van der Waals surface area (Å²) in [6.45, 7) is 6.91. The molecule has 1 aromatic carbocycles. The van der Waals surface area contributed by atoms with Crippen LogP contribution in [0.5, 0.6) is 0 Å². The molecule has 1 aromatic rings. The molecule has 4 heteroatoms. The Bertz CT molecular complexity index is 570. The number of rotatable bonds is 5. The van der Waals surface area contributed by atoms with Gasteiger partial charge in [0.05, 0.1) is 0 Å². The Labute approximate surface area is 151 Å². The number of piperazine rings is 1. The van der Waals surface area contributed by atoms with Gasteiger partial charge in [-0.2, -0.15) is 0 Å². The Balaban J connectivity index is 1.37. The van der Waals surface area contributed by atoms with Gasteiger partial charge >= 0.3 is 6.03 Å². The van der Waals surface area contributed by atoms with Gasteiger partial charge in [0.2, 0.25) is 0 Å². The van der Waals surface area contributed by atoms with E-state index in [4.69, 9.17) is 0 Å². The van der Waals surface area contributed by atoms with Crippen LogP contribution in [0.15, 0.2) is 36.4 Å². The zero-order valence-corrected chi connectivity index (χ0v) is 15.4. The smallest absolute Gasteiger partial charge is 0.317 e. The molecule has 25 heavy (non-hydrogen) atoms. The number of urea groups is 1. The highest BCUT2D eigenvalue weighted by Crippen LogP contribution is 2.18. The van der Waals surface area contributed by atoms with Crippen molar-refractivity contribution in [3.63, 3.8) is 0 Å². The second-order valence-corrected chi connectivity index (χ2v) is 7.30. The minimum absolute atomic E-state index is 0.145. The lowest BCUT2D eigenvalue weighted by atomic mass is 10.1. The summed E-state index contributed by atoms with van der Waals surface area (Å²) in [5, 5.41) is 3.20. The summed E-state index contributed by atoms with van der Waals surface area (Å²) in [5.41, 5.74) is 2.64. The number of allylic oxidation sites excluding steroid dienone is 1. The van der Waals surface area contributed by atoms with Crippen molar-refractivity contribution < 1.29 is 4.79 Å². The van der Waals surface area contributed by atoms with E-state index < -0.39 is 0 Å². The van der Waals surface area contributed by atoms with Gasteiger partial charge in [0.1, 0.15) is 0 Å². The maximum atomic E-state index is 12.3. The summed E-state index contributed by atoms with van der Waals surface area (Å²) in [4.78, 5) is 16.8. The number of amides is 2. The van der Waals surface area contributed by atoms with E-state index in [-0.39, 0.29) is 6.03 Å². The van der Waals surface area contributed by atoms with Gasteiger partial charge in [0.15, 0.2) is 0 Å². The molecule has 0 bridgehead atoms. The summed E-state index contributed by atoms with van der Waals surface area (Å²) >= 11 is 0. The van der Waals surface area contributed by atoms with Gasteiger partial charge in [0.25, 0.3) is 0 Å². The molecule has 4 nitrogen and oxygen atoms in total. The van der Waals surface area contributed by atoms with Crippen molar-refractivity contribution >= 4 is 11.6 Å². The van der Waals surface area contributed by atoms with Crippen LogP contribution >= 0.6 is 0 Å². The first-order valence-electron chi connectivity index (χ1n) is 9.72. The molecule has 0 spiro atoms. The normalized spacial score (nSPS) is 20.0. The van der Waals surface area contributed by atoms with Crippen LogP contribution in [0, 0.1) is 0 Å². The third-order valence-electron chi connectivity index (χ3n) is 5.47. The molecule has 2 amide bonds. The van der Waals surface area contributed by atoms with Crippen LogP contribution in [0.25, 0.3) is 5.57 Å². The summed E-state index contributed by atoms with van der Waals surface area (Å²) in [7, 11) is 0. The lowest BCUT2D eigenvalue weighted by Crippen LogP contribution is -2.53. The minimum Gasteiger partial charge on any atom is -0.335 e. The van der Waals surface area contributed by atoms with Crippen LogP contribution in [-0.2, 0) is 0 Å². The zero-order chi connectivity index (χ0) is 17.5. The van der Waals surface area contributed by atoms with Crippen LogP contribution in [-0.4, -0.2) is 54.6 Å². The SMILES string of the molecule is C/C(=C\CCN1CCN(C(=O)NC2CCCC2)CC1)c1ccccc1. The summed E-state index contributed by atoms with van der Waals surface area (Å²) in [6.07, 6.45) is 8.21. The van der Waals surface area contributed by atoms with Crippen LogP contribution in [0.3, 0.4) is 0 Å². The molecule has 2 fully saturated rings. The fourth-order valence-corrected chi connectivity index (χ4v) is 3.79. The first-order chi connectivity index (χ1) is 12.2. The molecular weight excluding hydrogens is 310 g/mol. The van der Waals surface area contributed by atoms with Crippen molar-refractivity contribution in [2.75, 3.05) is 32.7 Å². The predicted molar refractivity (Wildman–Crippen MR) is 104 cm³/mol. The Kier molecular flexibility index (Phi) is 6.51. The van der Waals surface area contributed by atoms with Crippen molar-refractivity contribution in [3.05, 3.63) is 42.0 Å². The van der Waals surface area contributed by atoms with E-state index in [1.807, 2.05) is 4.90 Å². The van der Waals surface area contributed by atoms with Gasteiger partial charge < -0.3 is 10.2 Å². The van der Waals surface area contributed by atoms with Gasteiger partial charge in [-0.05, 0) is 37.3 Å². The number of nitrogens with one attached hydrogen (secondary N) is 1. The molecule has 0 radical (unpaired) electrons. The van der Waals surface area contributed by atoms with Gasteiger partial charge in [-0.1, -0.05) is 49.2 Å². The van der Waals surface area contributed by atoms with E-state index in [1.54, 1.807) is 0 Å². The van der Waals surface area contributed by atoms with E-state index >= 15 is 0 Å². The molecule has 1 saturated carbocycles. The molecule has 3 rings (SSSR count). The standard InChI is InChI=1S/C21H31N3O/c1-18(19-9-3-2-4-10-19)8-7-13-23-14-16-24(17-15-23)21(25)22-20-11-5-6-12-20/h2-4,8-10,20H,5-7,11-17H2,1H3,(H,22,25)/b18-8+. The van der Waals surface area contributed by atoms with E-state index in [2.05, 4.69) is 53.5 Å². The topological polar surface area (TPSA) is 35.6 Å². The Morgan fingerprint density at radius 3 is 2.48 bits per heavy atom. The maximum Gasteiger partial charge on any atom is 0.317 e. The largest absolute Gasteiger partial charge is 0.335 e. The van der Waals surface area contributed by atoms with E-state index in [0.29, 0.717) is 6.04 Å². The number of hydrogen-bond donors (Lipinski definition) is 1. The molecular formula is C21H31N3O. The zero-order valence-electron chi connectivity index (χ0n) is 15.4. The quantitative estimate of drug-likeness (QED) is 0.885. The second kappa shape index (κ2) is 9.04. The maximum absolute atomic E-state index is 12.3. The molecule has 2 aliphatic rings. The average molecular weight is 341 g/mol. The molecule has 1 saturated heterocycles. The molecule has 1 aliphatic carbocycles. The van der Waals surface area contributed by atoms with E-state index in [0.717, 1.165) is 52.0 Å². The summed E-state index contributed by atoms with van der Waals surface area (Å²) in [5.74, 6) is 0. The van der Waals surface area contributed by atoms with Crippen molar-refractivity contribution in [1.82, 2.24) is 15.1 Å². The van der Waals surface area contributed by atoms with Crippen LogP contribution in [0.2, 0.25) is 0 Å². The molecule has 0 atom stereocenters. The number of benzene rings is 1. The Morgan fingerprint density at radius 1 is 1.12 bits per heavy atom. The Hall–Kier alpha value is -1.81. The van der Waals surface area contributed by atoms with Gasteiger partial charge in [-0.25, -0.2) is 4.79 Å². The number of carbonyl (C=O) groups is 1. The van der Waals surface area contributed by atoms with E-state index in [1.165, 1.54) is 24.0 Å². The van der Waals surface area contributed by atoms with Gasteiger partial charge in [-0.15, -0.1) is 0 Å². The molecule has 0 aromatic heterocycles. The first-order valence-corrected chi connectivity index (χ1v) is 9.72. The minimum atomic E-state index is 0.145. The van der Waals surface area contributed by atoms with Gasteiger partial charge in [-0.3, -0.25) is 4.90 Å². The molecule has 136 valence electrons. The van der Waals surface area contributed by atoms with Crippen molar-refractivity contribution in [1.29, 1.82) is 0 Å². The van der Waals surface area contributed by atoms with Crippen LogP contribution in [0.4, 0.5) is 4.79 Å². The Morgan fingerprint density at radius 2 is 1.80 bits per heavy atom. The third kappa shape index (κ3) is 5.33. The lowest BCUT2D eigenvalue weighted by molar-refractivity contribution is 0.138. The predicted octanol–water partition coefficient (Wildman–Crippen LogP) is 3.75. The fourth-order valence-electron chi connectivity index (χ4n) is 3.79. The summed E-state index contributed by atoms with van der Waals surface area (Å²) in [6, 6.07) is 11.1. The highest BCUT2D eigenvalue weighted by Gasteiger charge is 2.23. The van der Waals surface area contributed by atoms with E-state index in [9.17, 15) is 4.79 Å². The number of carbonyl (C=O) groups excluding carboxylic acids is 1. The monoisotopic (exact) mass is 341 g/mol. The highest BCUT2D eigenvalue weighted by atomic mass is 16.2. The van der Waals surface area contributed by atoms with Crippen molar-refractivity contribution in [2.45, 2.75) is 45.1 Å². The first kappa shape index (κ1) is 18.0. The average Bonchev–Trinajstić information content (AvgIpc) is 3.16. The number of nitrogens with zero attached hydrogens (tertiary/aromatic N) is 2. The molecule has 1 heterocycles. The van der Waals surface area contributed by atoms with Crippen LogP contribution < -0.4 is 5.32 Å². The third-order valence-corrected chi connectivity index (χ3v) is 5.47. The van der Waals surface area contributed by atoms with Crippen molar-refractivity contribution in [3.8, 4) is 0 Å². The molecule has 1 aliphatic heterocycles. The van der Waals surface area contributed by atoms with Crippen LogP contribution in [0.1, 0.15) is 44.6 Å². The van der Waals surface area contributed by atoms with Crippen molar-refractivity contribution in [2.24, 2.45) is 0 Å². The van der Waals surface area contributed by atoms with Gasteiger partial charge in [0, 0.05) is 38.8 Å². The fraction of sp³-hybridized carbons (Fsp3) is 0.571. The second-order valence-electron chi connectivity index (χ2n) is 7.30. The lowest BCUT2D eigenvalue weighted by Gasteiger charge is -2.35. The highest BCUT2D eigenvalue weighted by molar-refractivity contribution is 5.74. The summed E-state index contributed by atoms with van der Waals surface area (Å²) < 4.78 is 0. The number of hydrogen-bond acceptors (Lipinski definition) is 2.